The Morgan fingerprint density at radius 3 is 2.38 bits per heavy atom. The van der Waals surface area contributed by atoms with Gasteiger partial charge in [0.05, 0.1) is 0 Å². The third-order valence-corrected chi connectivity index (χ3v) is 2.66. The molecule has 76 valence electrons. The maximum absolute atomic E-state index is 2.35. The van der Waals surface area contributed by atoms with Crippen LogP contribution in [0.25, 0.3) is 0 Å². The molecule has 0 aromatic carbocycles. The molecule has 0 radical (unpaired) electrons. The van der Waals surface area contributed by atoms with E-state index in [2.05, 4.69) is 39.8 Å². The summed E-state index contributed by atoms with van der Waals surface area (Å²) in [4.78, 5) is 0. The van der Waals surface area contributed by atoms with Gasteiger partial charge in [-0.1, -0.05) is 30.2 Å². The van der Waals surface area contributed by atoms with E-state index in [0.29, 0.717) is 0 Å². The standard InChI is InChI=1S/C12H22S/c1-5-13-10-9-12(4)8-6-7-11(2)3/h7,9H,5-6,8,10H2,1-4H3/b12-9+. The van der Waals surface area contributed by atoms with E-state index in [1.807, 2.05) is 11.8 Å². The van der Waals surface area contributed by atoms with Crippen LogP contribution in [-0.2, 0) is 0 Å². The highest BCUT2D eigenvalue weighted by Gasteiger charge is 1.88. The molecule has 1 heteroatoms. The highest BCUT2D eigenvalue weighted by molar-refractivity contribution is 7.99. The Morgan fingerprint density at radius 1 is 1.15 bits per heavy atom. The van der Waals surface area contributed by atoms with Crippen molar-refractivity contribution in [3.8, 4) is 0 Å². The molecule has 0 aliphatic heterocycles. The minimum atomic E-state index is 1.18. The number of rotatable bonds is 6. The average molecular weight is 198 g/mol. The first-order valence-electron chi connectivity index (χ1n) is 5.03. The molecular formula is C12H22S. The zero-order valence-corrected chi connectivity index (χ0v) is 10.2. The highest BCUT2D eigenvalue weighted by atomic mass is 32.2. The lowest BCUT2D eigenvalue weighted by molar-refractivity contribution is 0.964. The van der Waals surface area contributed by atoms with Gasteiger partial charge in [0.1, 0.15) is 0 Å². The first kappa shape index (κ1) is 12.8. The zero-order valence-electron chi connectivity index (χ0n) is 9.39. The van der Waals surface area contributed by atoms with Gasteiger partial charge in [0.25, 0.3) is 0 Å². The second-order valence-corrected chi connectivity index (χ2v) is 4.85. The van der Waals surface area contributed by atoms with Crippen LogP contribution in [0.3, 0.4) is 0 Å². The average Bonchev–Trinajstić information content (AvgIpc) is 2.04. The summed E-state index contributed by atoms with van der Waals surface area (Å²) in [5.41, 5.74) is 2.95. The molecule has 0 aromatic rings. The number of hydrogen-bond donors (Lipinski definition) is 0. The van der Waals surface area contributed by atoms with Crippen LogP contribution >= 0.6 is 11.8 Å². The SMILES string of the molecule is CCSC/C=C(\C)CCC=C(C)C. The molecular weight excluding hydrogens is 176 g/mol. The van der Waals surface area contributed by atoms with Gasteiger partial charge in [-0.25, -0.2) is 0 Å². The molecule has 0 atom stereocenters. The summed E-state index contributed by atoms with van der Waals surface area (Å²) in [6, 6.07) is 0. The van der Waals surface area contributed by atoms with Crippen molar-refractivity contribution in [2.24, 2.45) is 0 Å². The largest absolute Gasteiger partial charge is 0.158 e. The van der Waals surface area contributed by atoms with Crippen molar-refractivity contribution in [1.82, 2.24) is 0 Å². The molecule has 0 aromatic heterocycles. The lowest BCUT2D eigenvalue weighted by Crippen LogP contribution is -1.80. The van der Waals surface area contributed by atoms with Crippen molar-refractivity contribution in [2.45, 2.75) is 40.5 Å². The fourth-order valence-corrected chi connectivity index (χ4v) is 1.65. The predicted molar refractivity (Wildman–Crippen MR) is 65.4 cm³/mol. The minimum absolute atomic E-state index is 1.18. The smallest absolute Gasteiger partial charge is 0.0115 e. The Bertz CT molecular complexity index is 174. The quantitative estimate of drug-likeness (QED) is 0.449. The van der Waals surface area contributed by atoms with Crippen LogP contribution in [0.1, 0.15) is 40.5 Å². The van der Waals surface area contributed by atoms with E-state index in [9.17, 15) is 0 Å². The fourth-order valence-electron chi connectivity index (χ4n) is 1.01. The van der Waals surface area contributed by atoms with Crippen LogP contribution in [0, 0.1) is 0 Å². The maximum atomic E-state index is 2.35. The summed E-state index contributed by atoms with van der Waals surface area (Å²) in [6.45, 7) is 8.75. The molecule has 0 unspecified atom stereocenters. The molecule has 0 heterocycles. The Morgan fingerprint density at radius 2 is 1.85 bits per heavy atom. The first-order valence-corrected chi connectivity index (χ1v) is 6.19. The predicted octanol–water partition coefficient (Wildman–Crippen LogP) is 4.43. The van der Waals surface area contributed by atoms with E-state index in [0.717, 1.165) is 0 Å². The van der Waals surface area contributed by atoms with Gasteiger partial charge >= 0.3 is 0 Å². The molecule has 0 saturated heterocycles. The van der Waals surface area contributed by atoms with Crippen LogP contribution < -0.4 is 0 Å². The molecule has 0 N–H and O–H groups in total. The van der Waals surface area contributed by atoms with Crippen LogP contribution in [0.15, 0.2) is 23.3 Å². The van der Waals surface area contributed by atoms with Gasteiger partial charge < -0.3 is 0 Å². The Balaban J connectivity index is 3.55. The molecule has 0 rings (SSSR count). The van der Waals surface area contributed by atoms with Gasteiger partial charge in [0.15, 0.2) is 0 Å². The Hall–Kier alpha value is -0.170. The van der Waals surface area contributed by atoms with E-state index in [1.54, 1.807) is 0 Å². The summed E-state index contributed by atoms with van der Waals surface area (Å²) in [7, 11) is 0. The van der Waals surface area contributed by atoms with E-state index in [1.165, 1.54) is 35.5 Å². The topological polar surface area (TPSA) is 0 Å². The molecule has 0 bridgehead atoms. The van der Waals surface area contributed by atoms with E-state index in [-0.39, 0.29) is 0 Å². The van der Waals surface area contributed by atoms with E-state index in [4.69, 9.17) is 0 Å². The van der Waals surface area contributed by atoms with Crippen LogP contribution in [-0.4, -0.2) is 11.5 Å². The van der Waals surface area contributed by atoms with Crippen molar-refractivity contribution in [3.63, 3.8) is 0 Å². The summed E-state index contributed by atoms with van der Waals surface area (Å²) >= 11 is 1.98. The fraction of sp³-hybridized carbons (Fsp3) is 0.667. The van der Waals surface area contributed by atoms with Gasteiger partial charge in [-0.2, -0.15) is 11.8 Å². The van der Waals surface area contributed by atoms with Crippen LogP contribution in [0.5, 0.6) is 0 Å². The second-order valence-electron chi connectivity index (χ2n) is 3.53. The molecule has 0 amide bonds. The monoisotopic (exact) mass is 198 g/mol. The first-order chi connectivity index (χ1) is 6.16. The van der Waals surface area contributed by atoms with Crippen molar-refractivity contribution >= 4 is 11.8 Å². The van der Waals surface area contributed by atoms with Crippen molar-refractivity contribution < 1.29 is 0 Å². The normalized spacial score (nSPS) is 11.5. The molecule has 0 spiro atoms. The third kappa shape index (κ3) is 9.75. The molecule has 13 heavy (non-hydrogen) atoms. The van der Waals surface area contributed by atoms with Crippen molar-refractivity contribution in [1.29, 1.82) is 0 Å². The number of thioether (sulfide) groups is 1. The Labute approximate surface area is 87.5 Å². The van der Waals surface area contributed by atoms with Gasteiger partial charge in [-0.05, 0) is 39.4 Å². The van der Waals surface area contributed by atoms with Crippen molar-refractivity contribution in [3.05, 3.63) is 23.3 Å². The molecule has 0 saturated carbocycles. The van der Waals surface area contributed by atoms with E-state index < -0.39 is 0 Å². The highest BCUT2D eigenvalue weighted by Crippen LogP contribution is 2.08. The molecule has 0 aliphatic rings. The molecule has 0 fully saturated rings. The summed E-state index contributed by atoms with van der Waals surface area (Å²) in [6.07, 6.45) is 7.08. The van der Waals surface area contributed by atoms with Gasteiger partial charge in [-0.3, -0.25) is 0 Å². The number of hydrogen-bond acceptors (Lipinski definition) is 1. The summed E-state index contributed by atoms with van der Waals surface area (Å²) in [5, 5.41) is 0. The zero-order chi connectivity index (χ0) is 10.1. The third-order valence-electron chi connectivity index (χ3n) is 1.85. The summed E-state index contributed by atoms with van der Waals surface area (Å²) in [5.74, 6) is 2.40. The lowest BCUT2D eigenvalue weighted by Gasteiger charge is -1.98. The van der Waals surface area contributed by atoms with Crippen molar-refractivity contribution in [2.75, 3.05) is 11.5 Å². The molecule has 0 nitrogen and oxygen atoms in total. The van der Waals surface area contributed by atoms with Gasteiger partial charge in [0.2, 0.25) is 0 Å². The maximum Gasteiger partial charge on any atom is 0.0115 e. The number of allylic oxidation sites excluding steroid dienone is 3. The minimum Gasteiger partial charge on any atom is -0.158 e. The Kier molecular flexibility index (Phi) is 8.32. The lowest BCUT2D eigenvalue weighted by atomic mass is 10.1. The van der Waals surface area contributed by atoms with Crippen LogP contribution in [0.2, 0.25) is 0 Å². The summed E-state index contributed by atoms with van der Waals surface area (Å²) < 4.78 is 0. The molecule has 0 aliphatic carbocycles. The van der Waals surface area contributed by atoms with Gasteiger partial charge in [-0.15, -0.1) is 0 Å². The van der Waals surface area contributed by atoms with Crippen LogP contribution in [0.4, 0.5) is 0 Å². The second kappa shape index (κ2) is 8.43. The van der Waals surface area contributed by atoms with E-state index >= 15 is 0 Å². The van der Waals surface area contributed by atoms with Gasteiger partial charge in [0, 0.05) is 5.75 Å².